The standard InChI is InChI=1S/C20H19ClN4O2/c1-12-13(2)25-18-11-14(7-8-17(18)24-12)19(26)22-9-10-23-20(27)15-5-3-4-6-16(15)21/h3-8,11H,9-10H2,1-2H3,(H,22,26)(H,23,27). The number of nitrogens with one attached hydrogen (secondary N) is 2. The summed E-state index contributed by atoms with van der Waals surface area (Å²) in [5, 5.41) is 5.90. The Balaban J connectivity index is 1.56. The van der Waals surface area contributed by atoms with Gasteiger partial charge in [-0.1, -0.05) is 23.7 Å². The Kier molecular flexibility index (Phi) is 5.66. The average Bonchev–Trinajstić information content (AvgIpc) is 2.65. The van der Waals surface area contributed by atoms with E-state index in [2.05, 4.69) is 20.6 Å². The highest BCUT2D eigenvalue weighted by Gasteiger charge is 2.10. The molecule has 3 aromatic rings. The van der Waals surface area contributed by atoms with Crippen LogP contribution >= 0.6 is 11.6 Å². The van der Waals surface area contributed by atoms with Gasteiger partial charge in [-0.15, -0.1) is 0 Å². The molecule has 1 aromatic heterocycles. The Morgan fingerprint density at radius 3 is 2.22 bits per heavy atom. The lowest BCUT2D eigenvalue weighted by atomic mass is 10.1. The fourth-order valence-electron chi connectivity index (χ4n) is 2.57. The number of hydrogen-bond acceptors (Lipinski definition) is 4. The lowest BCUT2D eigenvalue weighted by Gasteiger charge is -2.09. The molecule has 0 fully saturated rings. The number of carbonyl (C=O) groups is 2. The van der Waals surface area contributed by atoms with Gasteiger partial charge in [0.05, 0.1) is 33.0 Å². The van der Waals surface area contributed by atoms with E-state index in [1.54, 1.807) is 42.5 Å². The van der Waals surface area contributed by atoms with E-state index in [9.17, 15) is 9.59 Å². The van der Waals surface area contributed by atoms with E-state index in [0.717, 1.165) is 16.9 Å². The number of benzene rings is 2. The molecule has 0 aliphatic carbocycles. The van der Waals surface area contributed by atoms with Gasteiger partial charge in [-0.2, -0.15) is 0 Å². The summed E-state index contributed by atoms with van der Waals surface area (Å²) in [5.74, 6) is -0.509. The van der Waals surface area contributed by atoms with Gasteiger partial charge in [0.25, 0.3) is 11.8 Å². The Morgan fingerprint density at radius 2 is 1.52 bits per heavy atom. The van der Waals surface area contributed by atoms with Crippen LogP contribution in [0, 0.1) is 13.8 Å². The van der Waals surface area contributed by atoms with Crippen molar-refractivity contribution in [2.45, 2.75) is 13.8 Å². The van der Waals surface area contributed by atoms with Crippen LogP contribution in [0.2, 0.25) is 5.02 Å². The first-order valence-electron chi connectivity index (χ1n) is 8.51. The van der Waals surface area contributed by atoms with Crippen molar-refractivity contribution in [3.63, 3.8) is 0 Å². The van der Waals surface area contributed by atoms with Crippen LogP contribution in [0.4, 0.5) is 0 Å². The largest absolute Gasteiger partial charge is 0.350 e. The Morgan fingerprint density at radius 1 is 0.889 bits per heavy atom. The second-order valence-electron chi connectivity index (χ2n) is 6.09. The van der Waals surface area contributed by atoms with Crippen molar-refractivity contribution in [3.8, 4) is 0 Å². The number of aromatic nitrogens is 2. The maximum atomic E-state index is 12.3. The molecular formula is C20H19ClN4O2. The van der Waals surface area contributed by atoms with Crippen molar-refractivity contribution in [1.29, 1.82) is 0 Å². The molecule has 6 nitrogen and oxygen atoms in total. The molecular weight excluding hydrogens is 364 g/mol. The van der Waals surface area contributed by atoms with Gasteiger partial charge in [-0.25, -0.2) is 9.97 Å². The average molecular weight is 383 g/mol. The Labute approximate surface area is 162 Å². The van der Waals surface area contributed by atoms with Gasteiger partial charge in [0, 0.05) is 18.7 Å². The molecule has 138 valence electrons. The molecule has 0 unspecified atom stereocenters. The minimum atomic E-state index is -0.276. The monoisotopic (exact) mass is 382 g/mol. The van der Waals surface area contributed by atoms with Crippen LogP contribution in [0.15, 0.2) is 42.5 Å². The molecule has 0 atom stereocenters. The number of rotatable bonds is 5. The highest BCUT2D eigenvalue weighted by Crippen LogP contribution is 2.15. The molecule has 1 heterocycles. The second-order valence-corrected chi connectivity index (χ2v) is 6.50. The first-order valence-corrected chi connectivity index (χ1v) is 8.89. The zero-order chi connectivity index (χ0) is 19.4. The van der Waals surface area contributed by atoms with Crippen molar-refractivity contribution in [1.82, 2.24) is 20.6 Å². The minimum Gasteiger partial charge on any atom is -0.350 e. The lowest BCUT2D eigenvalue weighted by molar-refractivity contribution is 0.0928. The molecule has 2 N–H and O–H groups in total. The summed E-state index contributed by atoms with van der Waals surface area (Å²) in [6.07, 6.45) is 0. The molecule has 0 spiro atoms. The maximum Gasteiger partial charge on any atom is 0.252 e. The normalized spacial score (nSPS) is 10.6. The number of nitrogens with zero attached hydrogens (tertiary/aromatic N) is 2. The number of fused-ring (bicyclic) bond motifs is 1. The van der Waals surface area contributed by atoms with E-state index in [1.165, 1.54) is 0 Å². The van der Waals surface area contributed by atoms with E-state index in [4.69, 9.17) is 11.6 Å². The third-order valence-electron chi connectivity index (χ3n) is 4.15. The lowest BCUT2D eigenvalue weighted by Crippen LogP contribution is -2.34. The topological polar surface area (TPSA) is 84.0 Å². The van der Waals surface area contributed by atoms with E-state index in [-0.39, 0.29) is 11.8 Å². The maximum absolute atomic E-state index is 12.3. The van der Waals surface area contributed by atoms with E-state index < -0.39 is 0 Å². The Bertz CT molecular complexity index is 1020. The van der Waals surface area contributed by atoms with Crippen molar-refractivity contribution in [2.75, 3.05) is 13.1 Å². The van der Waals surface area contributed by atoms with Gasteiger partial charge in [0.1, 0.15) is 0 Å². The molecule has 27 heavy (non-hydrogen) atoms. The third kappa shape index (κ3) is 4.41. The number of aryl methyl sites for hydroxylation is 2. The molecule has 0 saturated carbocycles. The van der Waals surface area contributed by atoms with Crippen molar-refractivity contribution >= 4 is 34.4 Å². The highest BCUT2D eigenvalue weighted by atomic mass is 35.5. The molecule has 0 aliphatic heterocycles. The third-order valence-corrected chi connectivity index (χ3v) is 4.48. The van der Waals surface area contributed by atoms with E-state index in [0.29, 0.717) is 34.8 Å². The van der Waals surface area contributed by atoms with Crippen molar-refractivity contribution in [3.05, 3.63) is 70.0 Å². The predicted octanol–water partition coefficient (Wildman–Crippen LogP) is 3.06. The fraction of sp³-hybridized carbons (Fsp3) is 0.200. The predicted molar refractivity (Wildman–Crippen MR) is 105 cm³/mol. The van der Waals surface area contributed by atoms with Gasteiger partial charge < -0.3 is 10.6 Å². The van der Waals surface area contributed by atoms with E-state index in [1.807, 2.05) is 13.8 Å². The first kappa shape index (κ1) is 18.8. The summed E-state index contributed by atoms with van der Waals surface area (Å²) in [7, 11) is 0. The minimum absolute atomic E-state index is 0.232. The molecule has 3 rings (SSSR count). The number of carbonyl (C=O) groups excluding carboxylic acids is 2. The molecule has 0 aliphatic rings. The molecule has 2 aromatic carbocycles. The van der Waals surface area contributed by atoms with Crippen molar-refractivity contribution in [2.24, 2.45) is 0 Å². The van der Waals surface area contributed by atoms with Gasteiger partial charge in [0.2, 0.25) is 0 Å². The summed E-state index contributed by atoms with van der Waals surface area (Å²) in [4.78, 5) is 33.3. The van der Waals surface area contributed by atoms with Crippen LogP contribution in [0.5, 0.6) is 0 Å². The van der Waals surface area contributed by atoms with Gasteiger partial charge in [-0.3, -0.25) is 9.59 Å². The van der Waals surface area contributed by atoms with Gasteiger partial charge in [-0.05, 0) is 44.2 Å². The van der Waals surface area contributed by atoms with E-state index >= 15 is 0 Å². The smallest absolute Gasteiger partial charge is 0.252 e. The number of amides is 2. The summed E-state index contributed by atoms with van der Waals surface area (Å²) in [5.41, 5.74) is 4.04. The summed E-state index contributed by atoms with van der Waals surface area (Å²) in [6, 6.07) is 12.0. The zero-order valence-electron chi connectivity index (χ0n) is 15.0. The van der Waals surface area contributed by atoms with Gasteiger partial charge >= 0.3 is 0 Å². The molecule has 0 saturated heterocycles. The van der Waals surface area contributed by atoms with Crippen LogP contribution in [0.25, 0.3) is 11.0 Å². The molecule has 2 amide bonds. The summed E-state index contributed by atoms with van der Waals surface area (Å²) >= 11 is 5.99. The molecule has 7 heteroatoms. The number of hydrogen-bond donors (Lipinski definition) is 2. The molecule has 0 bridgehead atoms. The quantitative estimate of drug-likeness (QED) is 0.664. The zero-order valence-corrected chi connectivity index (χ0v) is 15.8. The van der Waals surface area contributed by atoms with Crippen LogP contribution in [-0.2, 0) is 0 Å². The highest BCUT2D eigenvalue weighted by molar-refractivity contribution is 6.33. The van der Waals surface area contributed by atoms with Crippen molar-refractivity contribution < 1.29 is 9.59 Å². The van der Waals surface area contributed by atoms with Crippen LogP contribution in [0.1, 0.15) is 32.1 Å². The second kappa shape index (κ2) is 8.14. The molecule has 0 radical (unpaired) electrons. The SMILES string of the molecule is Cc1nc2ccc(C(=O)NCCNC(=O)c3ccccc3Cl)cc2nc1C. The number of halogens is 1. The first-order chi connectivity index (χ1) is 13.0. The van der Waals surface area contributed by atoms with Crippen LogP contribution < -0.4 is 10.6 Å². The van der Waals surface area contributed by atoms with Gasteiger partial charge in [0.15, 0.2) is 0 Å². The summed E-state index contributed by atoms with van der Waals surface area (Å²) < 4.78 is 0. The van der Waals surface area contributed by atoms with Crippen LogP contribution in [0.3, 0.4) is 0 Å². The summed E-state index contributed by atoms with van der Waals surface area (Å²) in [6.45, 7) is 4.38. The van der Waals surface area contributed by atoms with Crippen LogP contribution in [-0.4, -0.2) is 34.9 Å². The Hall–Kier alpha value is -2.99. The fourth-order valence-corrected chi connectivity index (χ4v) is 2.79.